The van der Waals surface area contributed by atoms with Gasteiger partial charge in [-0.05, 0) is 36.2 Å². The molecule has 1 atom stereocenters. The van der Waals surface area contributed by atoms with Crippen molar-refractivity contribution >= 4 is 45.0 Å². The van der Waals surface area contributed by atoms with E-state index in [0.29, 0.717) is 23.9 Å². The van der Waals surface area contributed by atoms with Crippen molar-refractivity contribution in [2.24, 2.45) is 10.2 Å². The zero-order valence-corrected chi connectivity index (χ0v) is 16.9. The predicted molar refractivity (Wildman–Crippen MR) is 115 cm³/mol. The first-order valence-electron chi connectivity index (χ1n) is 8.31. The summed E-state index contributed by atoms with van der Waals surface area (Å²) in [6.07, 6.45) is 3.94. The molecule has 1 heterocycles. The predicted octanol–water partition coefficient (Wildman–Crippen LogP) is 4.18. The molecule has 1 unspecified atom stereocenters. The van der Waals surface area contributed by atoms with E-state index in [9.17, 15) is 4.79 Å². The van der Waals surface area contributed by atoms with Crippen LogP contribution in [0.1, 0.15) is 11.1 Å². The standard InChI is InChI=1S/C20H18BrN3O2S/c1-2-11-26-17-6-4-3-5-15(17)13-22-24-20-23-19(25)18(27-20)12-14-7-9-16(21)10-8-14/h2-10,13,18H,1,11-12H2,(H,23,24,25)/b22-13+. The number of carbonyl (C=O) groups excluding carboxylic acids is 1. The van der Waals surface area contributed by atoms with Gasteiger partial charge < -0.3 is 10.1 Å². The fourth-order valence-electron chi connectivity index (χ4n) is 2.43. The number of benzene rings is 2. The lowest BCUT2D eigenvalue weighted by molar-refractivity contribution is -0.118. The van der Waals surface area contributed by atoms with Crippen LogP contribution in [0, 0.1) is 0 Å². The fraction of sp³-hybridized carbons (Fsp3) is 0.150. The molecule has 1 aliphatic rings. The maximum absolute atomic E-state index is 12.2. The summed E-state index contributed by atoms with van der Waals surface area (Å²) < 4.78 is 6.60. The zero-order chi connectivity index (χ0) is 19.1. The Labute approximate surface area is 170 Å². The molecule has 0 aromatic heterocycles. The van der Waals surface area contributed by atoms with Gasteiger partial charge in [-0.2, -0.15) is 5.10 Å². The summed E-state index contributed by atoms with van der Waals surface area (Å²) in [7, 11) is 0. The molecule has 5 nitrogen and oxygen atoms in total. The summed E-state index contributed by atoms with van der Waals surface area (Å²) in [5, 5.41) is 11.3. The van der Waals surface area contributed by atoms with Crippen molar-refractivity contribution in [3.8, 4) is 5.75 Å². The van der Waals surface area contributed by atoms with Crippen molar-refractivity contribution < 1.29 is 9.53 Å². The molecular formula is C20H18BrN3O2S. The SMILES string of the molecule is C=CCOc1ccccc1/C=N/N=C1\NC(=O)C(Cc2ccc(Br)cc2)S1. The van der Waals surface area contributed by atoms with E-state index in [1.165, 1.54) is 11.8 Å². The summed E-state index contributed by atoms with van der Waals surface area (Å²) in [4.78, 5) is 12.2. The van der Waals surface area contributed by atoms with E-state index in [4.69, 9.17) is 4.74 Å². The second-order valence-corrected chi connectivity index (χ2v) is 7.82. The van der Waals surface area contributed by atoms with Gasteiger partial charge in [0, 0.05) is 10.0 Å². The average molecular weight is 444 g/mol. The summed E-state index contributed by atoms with van der Waals surface area (Å²) in [5.41, 5.74) is 1.91. The van der Waals surface area contributed by atoms with Crippen LogP contribution in [0.4, 0.5) is 0 Å². The quantitative estimate of drug-likeness (QED) is 0.396. The number of hydrogen-bond donors (Lipinski definition) is 1. The molecule has 0 aliphatic carbocycles. The van der Waals surface area contributed by atoms with E-state index in [0.717, 1.165) is 15.6 Å². The monoisotopic (exact) mass is 443 g/mol. The van der Waals surface area contributed by atoms with E-state index in [1.54, 1.807) is 12.3 Å². The van der Waals surface area contributed by atoms with Crippen LogP contribution in [0.2, 0.25) is 0 Å². The van der Waals surface area contributed by atoms with Gasteiger partial charge in [0.1, 0.15) is 12.4 Å². The first-order chi connectivity index (χ1) is 13.2. The number of amidine groups is 1. The molecule has 1 amide bonds. The first-order valence-corrected chi connectivity index (χ1v) is 9.98. The van der Waals surface area contributed by atoms with Gasteiger partial charge in [-0.15, -0.1) is 5.10 Å². The number of carbonyl (C=O) groups is 1. The zero-order valence-electron chi connectivity index (χ0n) is 14.5. The number of ether oxygens (including phenoxy) is 1. The highest BCUT2D eigenvalue weighted by Gasteiger charge is 2.30. The molecule has 1 aliphatic heterocycles. The molecular weight excluding hydrogens is 426 g/mol. The maximum atomic E-state index is 12.2. The first kappa shape index (κ1) is 19.4. The molecule has 0 radical (unpaired) electrons. The molecule has 0 spiro atoms. The van der Waals surface area contributed by atoms with Crippen LogP contribution < -0.4 is 10.1 Å². The number of halogens is 1. The van der Waals surface area contributed by atoms with E-state index in [2.05, 4.69) is 38.0 Å². The minimum absolute atomic E-state index is 0.0495. The van der Waals surface area contributed by atoms with Gasteiger partial charge in [0.25, 0.3) is 0 Å². The summed E-state index contributed by atoms with van der Waals surface area (Å²) in [5.74, 6) is 0.657. The second-order valence-electron chi connectivity index (χ2n) is 5.71. The number of amides is 1. The largest absolute Gasteiger partial charge is 0.489 e. The van der Waals surface area contributed by atoms with Crippen molar-refractivity contribution in [3.63, 3.8) is 0 Å². The number of para-hydroxylation sites is 1. The smallest absolute Gasteiger partial charge is 0.239 e. The number of rotatable bonds is 7. The summed E-state index contributed by atoms with van der Waals surface area (Å²) >= 11 is 4.80. The lowest BCUT2D eigenvalue weighted by Crippen LogP contribution is -2.25. The van der Waals surface area contributed by atoms with Crippen LogP contribution in [-0.4, -0.2) is 29.1 Å². The minimum atomic E-state index is -0.205. The lowest BCUT2D eigenvalue weighted by Gasteiger charge is -2.05. The molecule has 27 heavy (non-hydrogen) atoms. The van der Waals surface area contributed by atoms with Crippen LogP contribution in [0.5, 0.6) is 5.75 Å². The highest BCUT2D eigenvalue weighted by Crippen LogP contribution is 2.24. The van der Waals surface area contributed by atoms with Crippen LogP contribution >= 0.6 is 27.7 Å². The van der Waals surface area contributed by atoms with Crippen LogP contribution in [-0.2, 0) is 11.2 Å². The van der Waals surface area contributed by atoms with Crippen molar-refractivity contribution in [2.45, 2.75) is 11.7 Å². The van der Waals surface area contributed by atoms with E-state index in [1.807, 2.05) is 48.5 Å². The number of hydrogen-bond acceptors (Lipinski definition) is 5. The van der Waals surface area contributed by atoms with Gasteiger partial charge in [-0.25, -0.2) is 0 Å². The number of thioether (sulfide) groups is 1. The summed E-state index contributed by atoms with van der Waals surface area (Å²) in [6, 6.07) is 15.5. The highest BCUT2D eigenvalue weighted by molar-refractivity contribution is 9.10. The van der Waals surface area contributed by atoms with Crippen LogP contribution in [0.15, 0.2) is 75.9 Å². The van der Waals surface area contributed by atoms with Crippen molar-refractivity contribution in [3.05, 3.63) is 76.8 Å². The van der Waals surface area contributed by atoms with Crippen molar-refractivity contribution in [1.29, 1.82) is 0 Å². The van der Waals surface area contributed by atoms with E-state index < -0.39 is 0 Å². The third-order valence-corrected chi connectivity index (χ3v) is 5.33. The molecule has 1 fully saturated rings. The Kier molecular flexibility index (Phi) is 6.84. The van der Waals surface area contributed by atoms with E-state index >= 15 is 0 Å². The third kappa shape index (κ3) is 5.55. The Morgan fingerprint density at radius 3 is 2.78 bits per heavy atom. The molecule has 1 saturated heterocycles. The van der Waals surface area contributed by atoms with Crippen LogP contribution in [0.25, 0.3) is 0 Å². The molecule has 3 rings (SSSR count). The molecule has 0 bridgehead atoms. The minimum Gasteiger partial charge on any atom is -0.489 e. The molecule has 0 saturated carbocycles. The Morgan fingerprint density at radius 1 is 1.22 bits per heavy atom. The lowest BCUT2D eigenvalue weighted by atomic mass is 10.1. The molecule has 138 valence electrons. The Balaban J connectivity index is 1.63. The van der Waals surface area contributed by atoms with Gasteiger partial charge in [-0.3, -0.25) is 4.79 Å². The topological polar surface area (TPSA) is 63.1 Å². The van der Waals surface area contributed by atoms with Gasteiger partial charge in [0.05, 0.1) is 11.5 Å². The third-order valence-electron chi connectivity index (χ3n) is 3.73. The fourth-order valence-corrected chi connectivity index (χ4v) is 3.66. The molecule has 7 heteroatoms. The molecule has 2 aromatic rings. The van der Waals surface area contributed by atoms with Gasteiger partial charge in [0.15, 0.2) is 5.17 Å². The summed E-state index contributed by atoms with van der Waals surface area (Å²) in [6.45, 7) is 4.06. The Hall–Kier alpha value is -2.38. The number of nitrogens with zero attached hydrogens (tertiary/aromatic N) is 2. The Bertz CT molecular complexity index is 881. The maximum Gasteiger partial charge on any atom is 0.239 e. The van der Waals surface area contributed by atoms with Crippen LogP contribution in [0.3, 0.4) is 0 Å². The second kappa shape index (κ2) is 9.53. The normalized spacial score (nSPS) is 18.0. The Morgan fingerprint density at radius 2 is 2.00 bits per heavy atom. The molecule has 1 N–H and O–H groups in total. The highest BCUT2D eigenvalue weighted by atomic mass is 79.9. The van der Waals surface area contributed by atoms with Crippen molar-refractivity contribution in [1.82, 2.24) is 5.32 Å². The number of nitrogens with one attached hydrogen (secondary N) is 1. The average Bonchev–Trinajstić information content (AvgIpc) is 3.02. The van der Waals surface area contributed by atoms with Crippen molar-refractivity contribution in [2.75, 3.05) is 6.61 Å². The van der Waals surface area contributed by atoms with Gasteiger partial charge in [0.2, 0.25) is 5.91 Å². The van der Waals surface area contributed by atoms with Gasteiger partial charge in [-0.1, -0.05) is 64.6 Å². The van der Waals surface area contributed by atoms with Gasteiger partial charge >= 0.3 is 0 Å². The van der Waals surface area contributed by atoms with E-state index in [-0.39, 0.29) is 11.2 Å². The molecule has 2 aromatic carbocycles.